The van der Waals surface area contributed by atoms with E-state index < -0.39 is 23.4 Å². The molecule has 3 rings (SSSR count). The Kier molecular flexibility index (Phi) is 5.16. The third-order valence-corrected chi connectivity index (χ3v) is 4.50. The lowest BCUT2D eigenvalue weighted by molar-refractivity contribution is -0.143. The lowest BCUT2D eigenvalue weighted by Crippen LogP contribution is -2.50. The largest absolute Gasteiger partial charge is 0.478 e. The van der Waals surface area contributed by atoms with Gasteiger partial charge in [-0.1, -0.05) is 0 Å². The summed E-state index contributed by atoms with van der Waals surface area (Å²) in [6, 6.07) is 5.27. The molecular formula is C18H18F3N3O4. The molecule has 1 aromatic carbocycles. The number of carboxylic acid groups (broad SMARTS) is 1. The Morgan fingerprint density at radius 1 is 1.21 bits per heavy atom. The van der Waals surface area contributed by atoms with Crippen molar-refractivity contribution in [1.29, 1.82) is 0 Å². The van der Waals surface area contributed by atoms with Crippen molar-refractivity contribution in [3.8, 4) is 5.69 Å². The number of morpholine rings is 1. The van der Waals surface area contributed by atoms with Gasteiger partial charge in [0.05, 0.1) is 30.6 Å². The molecule has 2 atom stereocenters. The molecule has 2 unspecified atom stereocenters. The topological polar surface area (TPSA) is 84.7 Å². The molecule has 1 saturated heterocycles. The van der Waals surface area contributed by atoms with Crippen LogP contribution < -0.4 is 0 Å². The first-order valence-corrected chi connectivity index (χ1v) is 8.51. The summed E-state index contributed by atoms with van der Waals surface area (Å²) in [5, 5.41) is 12.5. The molecule has 10 heteroatoms. The van der Waals surface area contributed by atoms with E-state index in [2.05, 4.69) is 5.10 Å². The molecule has 150 valence electrons. The first kappa shape index (κ1) is 19.9. The highest BCUT2D eigenvalue weighted by Crippen LogP contribution is 2.33. The number of benzene rings is 1. The molecule has 1 N–H and O–H groups in total. The molecule has 0 aliphatic carbocycles. The van der Waals surface area contributed by atoms with Crippen LogP contribution in [0.3, 0.4) is 0 Å². The van der Waals surface area contributed by atoms with Crippen LogP contribution in [0.25, 0.3) is 5.69 Å². The Labute approximate surface area is 158 Å². The third kappa shape index (κ3) is 3.72. The van der Waals surface area contributed by atoms with Crippen LogP contribution in [0.4, 0.5) is 13.2 Å². The molecule has 7 nitrogen and oxygen atoms in total. The summed E-state index contributed by atoms with van der Waals surface area (Å²) in [5.41, 5.74) is -2.01. The van der Waals surface area contributed by atoms with E-state index in [9.17, 15) is 22.8 Å². The number of aromatic nitrogens is 2. The monoisotopic (exact) mass is 397 g/mol. The zero-order valence-corrected chi connectivity index (χ0v) is 15.1. The molecule has 0 spiro atoms. The lowest BCUT2D eigenvalue weighted by Gasteiger charge is -2.36. The molecule has 2 aromatic rings. The van der Waals surface area contributed by atoms with E-state index in [1.54, 1.807) is 4.90 Å². The van der Waals surface area contributed by atoms with Crippen LogP contribution in [0, 0.1) is 0 Å². The maximum absolute atomic E-state index is 13.3. The van der Waals surface area contributed by atoms with E-state index >= 15 is 0 Å². The van der Waals surface area contributed by atoms with E-state index in [0.29, 0.717) is 29.6 Å². The van der Waals surface area contributed by atoms with Crippen molar-refractivity contribution in [2.24, 2.45) is 0 Å². The van der Waals surface area contributed by atoms with Crippen molar-refractivity contribution in [3.63, 3.8) is 0 Å². The van der Waals surface area contributed by atoms with Gasteiger partial charge in [-0.3, -0.25) is 4.79 Å². The summed E-state index contributed by atoms with van der Waals surface area (Å²) >= 11 is 0. The van der Waals surface area contributed by atoms with E-state index in [1.165, 1.54) is 24.3 Å². The predicted octanol–water partition coefficient (Wildman–Crippen LogP) is 2.84. The quantitative estimate of drug-likeness (QED) is 0.861. The lowest BCUT2D eigenvalue weighted by atomic mass is 10.1. The standard InChI is InChI=1S/C18H18F3N3O4/c1-10-9-28-11(2)8-23(10)16(25)12-3-5-13(6-4-12)24-15(18(19,20)21)14(7-22-24)17(26)27/h3-7,10-11H,8-9H2,1-2H3,(H,26,27). The molecule has 1 aliphatic rings. The second-order valence-corrected chi connectivity index (χ2v) is 6.62. The zero-order chi connectivity index (χ0) is 20.6. The fourth-order valence-corrected chi connectivity index (χ4v) is 3.07. The average molecular weight is 397 g/mol. The number of carbonyl (C=O) groups is 2. The summed E-state index contributed by atoms with van der Waals surface area (Å²) in [5.74, 6) is -1.97. The summed E-state index contributed by atoms with van der Waals surface area (Å²) in [6.45, 7) is 4.53. The van der Waals surface area contributed by atoms with Gasteiger partial charge in [0.2, 0.25) is 0 Å². The highest BCUT2D eigenvalue weighted by atomic mass is 19.4. The minimum absolute atomic E-state index is 0.000214. The third-order valence-electron chi connectivity index (χ3n) is 4.50. The van der Waals surface area contributed by atoms with Crippen LogP contribution in [-0.4, -0.2) is 57.0 Å². The number of hydrogen-bond acceptors (Lipinski definition) is 4. The number of ether oxygens (including phenoxy) is 1. The van der Waals surface area contributed by atoms with Crippen LogP contribution in [0.15, 0.2) is 30.5 Å². The van der Waals surface area contributed by atoms with E-state index in [-0.39, 0.29) is 23.7 Å². The van der Waals surface area contributed by atoms with Gasteiger partial charge in [0.25, 0.3) is 5.91 Å². The Morgan fingerprint density at radius 3 is 2.43 bits per heavy atom. The Morgan fingerprint density at radius 2 is 1.86 bits per heavy atom. The number of alkyl halides is 3. The molecular weight excluding hydrogens is 379 g/mol. The van der Waals surface area contributed by atoms with Crippen molar-refractivity contribution in [1.82, 2.24) is 14.7 Å². The maximum atomic E-state index is 13.3. The van der Waals surface area contributed by atoms with Crippen LogP contribution in [-0.2, 0) is 10.9 Å². The fourth-order valence-electron chi connectivity index (χ4n) is 3.07. The van der Waals surface area contributed by atoms with Crippen molar-refractivity contribution >= 4 is 11.9 Å². The minimum Gasteiger partial charge on any atom is -0.478 e. The van der Waals surface area contributed by atoms with Gasteiger partial charge < -0.3 is 14.7 Å². The Hall–Kier alpha value is -2.88. The first-order valence-electron chi connectivity index (χ1n) is 8.51. The molecule has 1 aliphatic heterocycles. The van der Waals surface area contributed by atoms with E-state index in [4.69, 9.17) is 9.84 Å². The smallest absolute Gasteiger partial charge is 0.434 e. The number of halogens is 3. The molecule has 2 heterocycles. The van der Waals surface area contributed by atoms with Crippen LogP contribution in [0.1, 0.15) is 40.3 Å². The van der Waals surface area contributed by atoms with Gasteiger partial charge >= 0.3 is 12.1 Å². The van der Waals surface area contributed by atoms with Gasteiger partial charge in [0.15, 0.2) is 5.69 Å². The van der Waals surface area contributed by atoms with Crippen LogP contribution in [0.2, 0.25) is 0 Å². The summed E-state index contributed by atoms with van der Waals surface area (Å²) in [6.07, 6.45) is -4.36. The predicted molar refractivity (Wildman–Crippen MR) is 91.4 cm³/mol. The normalized spacial score (nSPS) is 20.2. The Bertz CT molecular complexity index is 892. The summed E-state index contributed by atoms with van der Waals surface area (Å²) in [4.78, 5) is 25.4. The molecule has 1 aromatic heterocycles. The number of rotatable bonds is 3. The van der Waals surface area contributed by atoms with Gasteiger partial charge in [-0.2, -0.15) is 18.3 Å². The van der Waals surface area contributed by atoms with Crippen molar-refractivity contribution in [2.45, 2.75) is 32.2 Å². The van der Waals surface area contributed by atoms with Gasteiger partial charge in [-0.15, -0.1) is 0 Å². The second-order valence-electron chi connectivity index (χ2n) is 6.62. The van der Waals surface area contributed by atoms with Crippen LogP contribution >= 0.6 is 0 Å². The SMILES string of the molecule is CC1CN(C(=O)c2ccc(-n3ncc(C(=O)O)c3C(F)(F)F)cc2)C(C)CO1. The second kappa shape index (κ2) is 7.27. The van der Waals surface area contributed by atoms with E-state index in [0.717, 1.165) is 0 Å². The number of carbonyl (C=O) groups excluding carboxylic acids is 1. The summed E-state index contributed by atoms with van der Waals surface area (Å²) in [7, 11) is 0. The van der Waals surface area contributed by atoms with Crippen molar-refractivity contribution in [3.05, 3.63) is 47.3 Å². The molecule has 28 heavy (non-hydrogen) atoms. The summed E-state index contributed by atoms with van der Waals surface area (Å²) < 4.78 is 46.0. The molecule has 0 saturated carbocycles. The minimum atomic E-state index is -4.90. The zero-order valence-electron chi connectivity index (χ0n) is 15.1. The van der Waals surface area contributed by atoms with Gasteiger partial charge in [-0.25, -0.2) is 9.48 Å². The average Bonchev–Trinajstić information content (AvgIpc) is 3.09. The molecule has 1 fully saturated rings. The number of hydrogen-bond donors (Lipinski definition) is 1. The first-order chi connectivity index (χ1) is 13.1. The van der Waals surface area contributed by atoms with Crippen molar-refractivity contribution in [2.75, 3.05) is 13.2 Å². The van der Waals surface area contributed by atoms with Crippen molar-refractivity contribution < 1.29 is 32.6 Å². The highest BCUT2D eigenvalue weighted by molar-refractivity contribution is 5.94. The Balaban J connectivity index is 1.92. The molecule has 0 bridgehead atoms. The molecule has 1 amide bonds. The number of aromatic carboxylic acids is 1. The maximum Gasteiger partial charge on any atom is 0.434 e. The van der Waals surface area contributed by atoms with Gasteiger partial charge in [0.1, 0.15) is 5.56 Å². The number of nitrogens with zero attached hydrogens (tertiary/aromatic N) is 3. The number of carboxylic acids is 1. The van der Waals surface area contributed by atoms with Gasteiger partial charge in [-0.05, 0) is 38.1 Å². The highest BCUT2D eigenvalue weighted by Gasteiger charge is 2.40. The number of amides is 1. The van der Waals surface area contributed by atoms with Crippen LogP contribution in [0.5, 0.6) is 0 Å². The van der Waals surface area contributed by atoms with Gasteiger partial charge in [0, 0.05) is 12.1 Å². The van der Waals surface area contributed by atoms with E-state index in [1.807, 2.05) is 13.8 Å². The molecule has 0 radical (unpaired) electrons. The fraction of sp³-hybridized carbons (Fsp3) is 0.389.